The lowest BCUT2D eigenvalue weighted by Gasteiger charge is -2.47. The summed E-state index contributed by atoms with van der Waals surface area (Å²) in [5.74, 6) is 1.04. The number of piperazine rings is 1. The lowest BCUT2D eigenvalue weighted by Crippen LogP contribution is -2.63. The van der Waals surface area contributed by atoms with Crippen molar-refractivity contribution >= 4 is 22.7 Å². The number of nitrogens with zero attached hydrogens (tertiary/aromatic N) is 2. The first kappa shape index (κ1) is 23.2. The maximum absolute atomic E-state index is 13.7. The number of rotatable bonds is 8. The summed E-state index contributed by atoms with van der Waals surface area (Å²) in [6.45, 7) is 3.71. The Morgan fingerprint density at radius 2 is 1.89 bits per heavy atom. The SMILES string of the molecule is CCOCCCN1CC(=O)N2[C@@H](c3cccc(OC)c3OC)c3[nH]c4ccccc4c3C[C@H]2C1=O. The first-order chi connectivity index (χ1) is 17.1. The van der Waals surface area contributed by atoms with Crippen molar-refractivity contribution in [1.29, 1.82) is 0 Å². The Bertz CT molecular complexity index is 1250. The lowest BCUT2D eigenvalue weighted by molar-refractivity contribution is -0.158. The molecule has 35 heavy (non-hydrogen) atoms. The molecule has 1 fully saturated rings. The summed E-state index contributed by atoms with van der Waals surface area (Å²) >= 11 is 0. The van der Waals surface area contributed by atoms with Crippen molar-refractivity contribution in [2.24, 2.45) is 0 Å². The molecular weight excluding hydrogens is 446 g/mol. The number of carbonyl (C=O) groups is 2. The largest absolute Gasteiger partial charge is 0.493 e. The summed E-state index contributed by atoms with van der Waals surface area (Å²) < 4.78 is 16.8. The predicted octanol–water partition coefficient (Wildman–Crippen LogP) is 3.30. The Morgan fingerprint density at radius 3 is 2.66 bits per heavy atom. The number of H-pyrrole nitrogens is 1. The molecule has 184 valence electrons. The number of benzene rings is 2. The first-order valence-electron chi connectivity index (χ1n) is 12.1. The van der Waals surface area contributed by atoms with Gasteiger partial charge in [-0.05, 0) is 31.0 Å². The molecule has 1 N–H and O–H groups in total. The maximum Gasteiger partial charge on any atom is 0.246 e. The van der Waals surface area contributed by atoms with Gasteiger partial charge in [0.15, 0.2) is 11.5 Å². The van der Waals surface area contributed by atoms with Crippen molar-refractivity contribution in [3.05, 3.63) is 59.3 Å². The third-order valence-electron chi connectivity index (χ3n) is 6.99. The zero-order valence-electron chi connectivity index (χ0n) is 20.4. The van der Waals surface area contributed by atoms with Crippen LogP contribution in [0.3, 0.4) is 0 Å². The van der Waals surface area contributed by atoms with Crippen LogP contribution in [0.25, 0.3) is 10.9 Å². The molecule has 0 unspecified atom stereocenters. The number of aromatic nitrogens is 1. The second-order valence-corrected chi connectivity index (χ2v) is 8.88. The van der Waals surface area contributed by atoms with E-state index in [1.807, 2.05) is 43.3 Å². The maximum atomic E-state index is 13.7. The highest BCUT2D eigenvalue weighted by Gasteiger charge is 2.48. The topological polar surface area (TPSA) is 84.1 Å². The fourth-order valence-electron chi connectivity index (χ4n) is 5.47. The quantitative estimate of drug-likeness (QED) is 0.504. The molecule has 0 radical (unpaired) electrons. The number of nitrogens with one attached hydrogen (secondary N) is 1. The van der Waals surface area contributed by atoms with Crippen LogP contribution in [0.4, 0.5) is 0 Å². The van der Waals surface area contributed by atoms with Gasteiger partial charge in [-0.3, -0.25) is 9.59 Å². The molecule has 8 nitrogen and oxygen atoms in total. The number of methoxy groups -OCH3 is 2. The average molecular weight is 478 g/mol. The van der Waals surface area contributed by atoms with E-state index in [0.29, 0.717) is 44.1 Å². The second-order valence-electron chi connectivity index (χ2n) is 8.88. The van der Waals surface area contributed by atoms with Gasteiger partial charge in [-0.15, -0.1) is 0 Å². The number of hydrogen-bond donors (Lipinski definition) is 1. The van der Waals surface area contributed by atoms with Gasteiger partial charge in [0.05, 0.1) is 20.8 Å². The minimum atomic E-state index is -0.587. The monoisotopic (exact) mass is 477 g/mol. The standard InChI is InChI=1S/C27H31N3O5/c1-4-35-14-8-13-29-16-23(31)30-21(27(29)32)15-19-17-9-5-6-11-20(17)28-24(19)25(30)18-10-7-12-22(33-2)26(18)34-3/h5-7,9-12,21,25,28H,4,8,13-16H2,1-3H3/t21-,25-/m0/s1. The van der Waals surface area contributed by atoms with E-state index in [2.05, 4.69) is 11.1 Å². The van der Waals surface area contributed by atoms with Gasteiger partial charge in [-0.1, -0.05) is 30.3 Å². The van der Waals surface area contributed by atoms with E-state index in [-0.39, 0.29) is 18.4 Å². The average Bonchev–Trinajstić information content (AvgIpc) is 3.26. The van der Waals surface area contributed by atoms with E-state index in [9.17, 15) is 9.59 Å². The van der Waals surface area contributed by atoms with Gasteiger partial charge >= 0.3 is 0 Å². The van der Waals surface area contributed by atoms with Gasteiger partial charge in [0.2, 0.25) is 11.8 Å². The van der Waals surface area contributed by atoms with E-state index in [1.165, 1.54) is 0 Å². The summed E-state index contributed by atoms with van der Waals surface area (Å²) in [7, 11) is 3.19. The van der Waals surface area contributed by atoms with Crippen LogP contribution < -0.4 is 9.47 Å². The van der Waals surface area contributed by atoms with E-state index < -0.39 is 12.1 Å². The third kappa shape index (κ3) is 3.91. The fraction of sp³-hybridized carbons (Fsp3) is 0.407. The van der Waals surface area contributed by atoms with Crippen molar-refractivity contribution in [2.75, 3.05) is 40.5 Å². The van der Waals surface area contributed by atoms with E-state index in [1.54, 1.807) is 24.0 Å². The zero-order valence-corrected chi connectivity index (χ0v) is 20.4. The number of amides is 2. The summed E-state index contributed by atoms with van der Waals surface area (Å²) in [5, 5.41) is 1.07. The summed E-state index contributed by atoms with van der Waals surface area (Å²) in [6.07, 6.45) is 1.17. The van der Waals surface area contributed by atoms with E-state index >= 15 is 0 Å². The number of aromatic amines is 1. The fourth-order valence-corrected chi connectivity index (χ4v) is 5.47. The molecule has 0 bridgehead atoms. The van der Waals surface area contributed by atoms with Gasteiger partial charge in [0.25, 0.3) is 0 Å². The Labute approximate surface area is 204 Å². The van der Waals surface area contributed by atoms with Crippen molar-refractivity contribution in [1.82, 2.24) is 14.8 Å². The summed E-state index contributed by atoms with van der Waals surface area (Å²) in [5.41, 5.74) is 3.75. The molecule has 2 aliphatic heterocycles. The molecule has 0 saturated carbocycles. The number of ether oxygens (including phenoxy) is 3. The van der Waals surface area contributed by atoms with Crippen LogP contribution in [0, 0.1) is 0 Å². The highest BCUT2D eigenvalue weighted by atomic mass is 16.5. The Hall–Kier alpha value is -3.52. The van der Waals surface area contributed by atoms with Gasteiger partial charge in [0, 0.05) is 48.3 Å². The predicted molar refractivity (Wildman–Crippen MR) is 132 cm³/mol. The Morgan fingerprint density at radius 1 is 1.06 bits per heavy atom. The van der Waals surface area contributed by atoms with Crippen molar-refractivity contribution in [3.63, 3.8) is 0 Å². The molecule has 8 heteroatoms. The molecule has 0 aliphatic carbocycles. The zero-order chi connectivity index (χ0) is 24.5. The van der Waals surface area contributed by atoms with Crippen LogP contribution in [0.1, 0.15) is 36.2 Å². The van der Waals surface area contributed by atoms with Gasteiger partial charge < -0.3 is 29.0 Å². The highest BCUT2D eigenvalue weighted by molar-refractivity contribution is 5.97. The van der Waals surface area contributed by atoms with Crippen LogP contribution in [0.2, 0.25) is 0 Å². The molecule has 2 amide bonds. The normalized spacial score (nSPS) is 19.6. The van der Waals surface area contributed by atoms with Crippen molar-refractivity contribution in [2.45, 2.75) is 31.8 Å². The molecule has 1 saturated heterocycles. The molecule has 3 heterocycles. The molecule has 2 atom stereocenters. The van der Waals surface area contributed by atoms with Gasteiger partial charge in [-0.25, -0.2) is 0 Å². The molecule has 5 rings (SSSR count). The van der Waals surface area contributed by atoms with Gasteiger partial charge in [0.1, 0.15) is 12.1 Å². The first-order valence-corrected chi connectivity index (χ1v) is 12.1. The lowest BCUT2D eigenvalue weighted by atomic mass is 9.85. The minimum Gasteiger partial charge on any atom is -0.493 e. The number of hydrogen-bond acceptors (Lipinski definition) is 5. The van der Waals surface area contributed by atoms with Crippen LogP contribution in [-0.4, -0.2) is 73.2 Å². The number of fused-ring (bicyclic) bond motifs is 4. The molecule has 2 aromatic carbocycles. The molecule has 3 aromatic rings. The summed E-state index contributed by atoms with van der Waals surface area (Å²) in [6, 6.07) is 12.6. The molecule has 0 spiro atoms. The van der Waals surface area contributed by atoms with Crippen molar-refractivity contribution in [3.8, 4) is 11.5 Å². The molecule has 1 aromatic heterocycles. The Kier molecular flexibility index (Phi) is 6.38. The smallest absolute Gasteiger partial charge is 0.246 e. The van der Waals surface area contributed by atoms with Gasteiger partial charge in [-0.2, -0.15) is 0 Å². The van der Waals surface area contributed by atoms with E-state index in [0.717, 1.165) is 27.7 Å². The minimum absolute atomic E-state index is 0.0242. The second kappa shape index (κ2) is 9.62. The summed E-state index contributed by atoms with van der Waals surface area (Å²) in [4.78, 5) is 34.3. The van der Waals surface area contributed by atoms with Crippen LogP contribution in [-0.2, 0) is 20.7 Å². The van der Waals surface area contributed by atoms with Crippen LogP contribution >= 0.6 is 0 Å². The third-order valence-corrected chi connectivity index (χ3v) is 6.99. The number of para-hydroxylation sites is 2. The van der Waals surface area contributed by atoms with E-state index in [4.69, 9.17) is 14.2 Å². The Balaban J connectivity index is 1.62. The van der Waals surface area contributed by atoms with Crippen LogP contribution in [0.5, 0.6) is 11.5 Å². The molecule has 2 aliphatic rings. The highest BCUT2D eigenvalue weighted by Crippen LogP contribution is 2.46. The van der Waals surface area contributed by atoms with Crippen LogP contribution in [0.15, 0.2) is 42.5 Å². The van der Waals surface area contributed by atoms with Crippen molar-refractivity contribution < 1.29 is 23.8 Å². The molecular formula is C27H31N3O5. The number of carbonyl (C=O) groups excluding carboxylic acids is 2.